The molecule has 9 aromatic carbocycles. The van der Waals surface area contributed by atoms with E-state index in [1.165, 1.54) is 76.5 Å². The molecular formula is C50H36O. The molecule has 10 rings (SSSR count). The minimum atomic E-state index is -0.0207. The Morgan fingerprint density at radius 3 is 1.33 bits per heavy atom. The SMILES string of the molecule is CC(C)(C)c1c2ccccc2c(-c2cccc3c2oc2ccc(-c4c5ccccc5c(-c5ccccc5)c5ccccc45)cc23)c2ccccc12. The highest BCUT2D eigenvalue weighted by Gasteiger charge is 2.25. The van der Waals surface area contributed by atoms with Crippen LogP contribution in [0, 0.1) is 0 Å². The molecule has 0 spiro atoms. The molecule has 1 heteroatoms. The minimum absolute atomic E-state index is 0.0207. The Morgan fingerprint density at radius 2 is 0.804 bits per heavy atom. The lowest BCUT2D eigenvalue weighted by Crippen LogP contribution is -2.13. The Morgan fingerprint density at radius 1 is 0.353 bits per heavy atom. The molecular weight excluding hydrogens is 617 g/mol. The molecule has 0 aliphatic carbocycles. The number of benzene rings is 9. The maximum Gasteiger partial charge on any atom is 0.143 e. The zero-order valence-corrected chi connectivity index (χ0v) is 29.0. The van der Waals surface area contributed by atoms with Crippen molar-refractivity contribution in [2.45, 2.75) is 26.2 Å². The van der Waals surface area contributed by atoms with Gasteiger partial charge in [0.25, 0.3) is 0 Å². The number of furan rings is 1. The summed E-state index contributed by atoms with van der Waals surface area (Å²) in [5.41, 5.74) is 10.5. The normalized spacial score (nSPS) is 12.2. The quantitative estimate of drug-likeness (QED) is 0.173. The lowest BCUT2D eigenvalue weighted by atomic mass is 9.78. The third-order valence-corrected chi connectivity index (χ3v) is 10.7. The van der Waals surface area contributed by atoms with Gasteiger partial charge in [0.1, 0.15) is 11.2 Å². The molecule has 0 bridgehead atoms. The third kappa shape index (κ3) is 4.48. The summed E-state index contributed by atoms with van der Waals surface area (Å²) >= 11 is 0. The molecule has 1 nitrogen and oxygen atoms in total. The molecule has 0 unspecified atom stereocenters. The van der Waals surface area contributed by atoms with Gasteiger partial charge >= 0.3 is 0 Å². The van der Waals surface area contributed by atoms with Crippen molar-refractivity contribution in [1.82, 2.24) is 0 Å². The standard InChI is InChI=1S/C50H36O/c1-50(2,3)48-39-24-13-11-22-37(39)47(38-23-12-14-25-40(38)48)42-27-15-26-41-43-30-32(28-29-44(43)51-49(41)42)46-35-20-9-7-18-33(35)45(31-16-5-4-6-17-31)34-19-8-10-21-36(34)46/h4-30H,1-3H3. The van der Waals surface area contributed by atoms with Crippen LogP contribution in [0.15, 0.2) is 168 Å². The number of hydrogen-bond donors (Lipinski definition) is 0. The van der Waals surface area contributed by atoms with E-state index in [1.807, 2.05) is 0 Å². The van der Waals surface area contributed by atoms with E-state index >= 15 is 0 Å². The van der Waals surface area contributed by atoms with Crippen LogP contribution in [0.3, 0.4) is 0 Å². The average Bonchev–Trinajstić information content (AvgIpc) is 3.54. The first-order chi connectivity index (χ1) is 25.0. The van der Waals surface area contributed by atoms with Crippen LogP contribution in [0.5, 0.6) is 0 Å². The van der Waals surface area contributed by atoms with E-state index < -0.39 is 0 Å². The Labute approximate surface area is 297 Å². The van der Waals surface area contributed by atoms with Crippen molar-refractivity contribution in [1.29, 1.82) is 0 Å². The van der Waals surface area contributed by atoms with Crippen LogP contribution >= 0.6 is 0 Å². The highest BCUT2D eigenvalue weighted by atomic mass is 16.3. The van der Waals surface area contributed by atoms with E-state index in [0.717, 1.165) is 27.5 Å². The van der Waals surface area contributed by atoms with E-state index in [-0.39, 0.29) is 5.41 Å². The predicted molar refractivity (Wildman–Crippen MR) is 219 cm³/mol. The minimum Gasteiger partial charge on any atom is -0.455 e. The predicted octanol–water partition coefficient (Wildman–Crippen LogP) is 14.5. The van der Waals surface area contributed by atoms with E-state index in [1.54, 1.807) is 0 Å². The summed E-state index contributed by atoms with van der Waals surface area (Å²) in [6.45, 7) is 6.96. The summed E-state index contributed by atoms with van der Waals surface area (Å²) in [6.07, 6.45) is 0. The van der Waals surface area contributed by atoms with Gasteiger partial charge in [-0.3, -0.25) is 0 Å². The van der Waals surface area contributed by atoms with Crippen molar-refractivity contribution in [3.63, 3.8) is 0 Å². The van der Waals surface area contributed by atoms with Crippen LogP contribution in [0.2, 0.25) is 0 Å². The molecule has 0 atom stereocenters. The van der Waals surface area contributed by atoms with Gasteiger partial charge in [0, 0.05) is 21.9 Å². The molecule has 0 amide bonds. The zero-order valence-electron chi connectivity index (χ0n) is 29.0. The van der Waals surface area contributed by atoms with Gasteiger partial charge in [-0.05, 0) is 88.5 Å². The van der Waals surface area contributed by atoms with E-state index in [4.69, 9.17) is 4.42 Å². The lowest BCUT2D eigenvalue weighted by molar-refractivity contribution is 0.601. The Balaban J connectivity index is 1.26. The van der Waals surface area contributed by atoms with Gasteiger partial charge in [0.2, 0.25) is 0 Å². The van der Waals surface area contributed by atoms with Crippen LogP contribution in [0.1, 0.15) is 26.3 Å². The summed E-state index contributed by atoms with van der Waals surface area (Å²) in [4.78, 5) is 0. The van der Waals surface area contributed by atoms with Crippen LogP contribution < -0.4 is 0 Å². The van der Waals surface area contributed by atoms with Crippen molar-refractivity contribution in [3.05, 3.63) is 169 Å². The molecule has 0 N–H and O–H groups in total. The van der Waals surface area contributed by atoms with Crippen LogP contribution in [-0.4, -0.2) is 0 Å². The van der Waals surface area contributed by atoms with Crippen LogP contribution in [-0.2, 0) is 5.41 Å². The highest BCUT2D eigenvalue weighted by Crippen LogP contribution is 2.48. The van der Waals surface area contributed by atoms with Gasteiger partial charge < -0.3 is 4.42 Å². The molecule has 0 aliphatic rings. The van der Waals surface area contributed by atoms with Gasteiger partial charge in [-0.1, -0.05) is 172 Å². The summed E-state index contributed by atoms with van der Waals surface area (Å²) in [5, 5.41) is 12.4. The first-order valence-electron chi connectivity index (χ1n) is 17.9. The summed E-state index contributed by atoms with van der Waals surface area (Å²) < 4.78 is 6.88. The second kappa shape index (κ2) is 11.2. The highest BCUT2D eigenvalue weighted by molar-refractivity contribution is 6.23. The maximum absolute atomic E-state index is 6.88. The number of fused-ring (bicyclic) bond motifs is 7. The first-order valence-corrected chi connectivity index (χ1v) is 17.9. The van der Waals surface area contributed by atoms with Crippen molar-refractivity contribution in [2.75, 3.05) is 0 Å². The molecule has 0 radical (unpaired) electrons. The van der Waals surface area contributed by atoms with Gasteiger partial charge in [0.15, 0.2) is 0 Å². The Kier molecular flexibility index (Phi) is 6.51. The fourth-order valence-corrected chi connectivity index (χ4v) is 8.73. The Bertz CT molecular complexity index is 2880. The number of para-hydroxylation sites is 1. The van der Waals surface area contributed by atoms with Crippen molar-refractivity contribution in [3.8, 4) is 33.4 Å². The summed E-state index contributed by atoms with van der Waals surface area (Å²) in [7, 11) is 0. The van der Waals surface area contributed by atoms with E-state index in [0.29, 0.717) is 0 Å². The van der Waals surface area contributed by atoms with Crippen molar-refractivity contribution in [2.24, 2.45) is 0 Å². The first kappa shape index (κ1) is 29.7. The molecule has 0 saturated heterocycles. The number of hydrogen-bond acceptors (Lipinski definition) is 1. The number of rotatable bonds is 3. The van der Waals surface area contributed by atoms with Crippen molar-refractivity contribution >= 4 is 65.0 Å². The molecule has 10 aromatic rings. The van der Waals surface area contributed by atoms with Gasteiger partial charge in [-0.25, -0.2) is 0 Å². The van der Waals surface area contributed by atoms with E-state index in [9.17, 15) is 0 Å². The van der Waals surface area contributed by atoms with Crippen molar-refractivity contribution < 1.29 is 4.42 Å². The van der Waals surface area contributed by atoms with Gasteiger partial charge in [-0.15, -0.1) is 0 Å². The largest absolute Gasteiger partial charge is 0.455 e. The molecule has 51 heavy (non-hydrogen) atoms. The average molecular weight is 653 g/mol. The molecule has 242 valence electrons. The van der Waals surface area contributed by atoms with Crippen LogP contribution in [0.4, 0.5) is 0 Å². The van der Waals surface area contributed by atoms with Gasteiger partial charge in [-0.2, -0.15) is 0 Å². The molecule has 0 aliphatic heterocycles. The van der Waals surface area contributed by atoms with Gasteiger partial charge in [0.05, 0.1) is 0 Å². The third-order valence-electron chi connectivity index (χ3n) is 10.7. The monoisotopic (exact) mass is 652 g/mol. The second-order valence-corrected chi connectivity index (χ2v) is 14.8. The fraction of sp³-hybridized carbons (Fsp3) is 0.0800. The molecule has 1 heterocycles. The zero-order chi connectivity index (χ0) is 34.3. The maximum atomic E-state index is 6.88. The van der Waals surface area contributed by atoms with E-state index in [2.05, 4.69) is 185 Å². The summed E-state index contributed by atoms with van der Waals surface area (Å²) in [6, 6.07) is 59.7. The smallest absolute Gasteiger partial charge is 0.143 e. The fourth-order valence-electron chi connectivity index (χ4n) is 8.73. The Hall–Kier alpha value is -6.18. The second-order valence-electron chi connectivity index (χ2n) is 14.8. The molecule has 0 saturated carbocycles. The summed E-state index contributed by atoms with van der Waals surface area (Å²) in [5.74, 6) is 0. The molecule has 0 fully saturated rings. The lowest BCUT2D eigenvalue weighted by Gasteiger charge is -2.26. The molecule has 1 aromatic heterocycles. The van der Waals surface area contributed by atoms with Crippen LogP contribution in [0.25, 0.3) is 98.4 Å². The topological polar surface area (TPSA) is 13.1 Å².